The van der Waals surface area contributed by atoms with E-state index in [1.807, 2.05) is 0 Å². The second kappa shape index (κ2) is 9.17. The predicted octanol–water partition coefficient (Wildman–Crippen LogP) is 2.27. The van der Waals surface area contributed by atoms with E-state index in [2.05, 4.69) is 15.9 Å². The van der Waals surface area contributed by atoms with E-state index in [9.17, 15) is 4.79 Å². The standard InChI is InChI=1S/C20H23BrN6O2/c21-14-3-6-17(22)16(11-14)19(24)18(23)12-27(25)15-4-1-13(2-5-15)20(28)26-7-9-29-10-8-26/h1-6,11,23-24H,7-10,12,22,25H2. The first-order valence-electron chi connectivity index (χ1n) is 9.08. The van der Waals surface area contributed by atoms with Crippen LogP contribution in [0.15, 0.2) is 46.9 Å². The second-order valence-corrected chi connectivity index (χ2v) is 7.58. The van der Waals surface area contributed by atoms with Crippen molar-refractivity contribution in [2.24, 2.45) is 5.84 Å². The number of nitrogen functional groups attached to an aromatic ring is 1. The smallest absolute Gasteiger partial charge is 0.254 e. The van der Waals surface area contributed by atoms with Crippen molar-refractivity contribution in [1.82, 2.24) is 4.90 Å². The number of hydrogen-bond acceptors (Lipinski definition) is 7. The van der Waals surface area contributed by atoms with Gasteiger partial charge in [0.1, 0.15) is 0 Å². The maximum atomic E-state index is 12.5. The molecule has 2 aromatic rings. The van der Waals surface area contributed by atoms with Gasteiger partial charge in [-0.3, -0.25) is 10.2 Å². The molecular weight excluding hydrogens is 436 g/mol. The number of ether oxygens (including phenoxy) is 1. The first-order valence-corrected chi connectivity index (χ1v) is 9.87. The van der Waals surface area contributed by atoms with E-state index in [1.165, 1.54) is 5.01 Å². The van der Waals surface area contributed by atoms with Crippen LogP contribution in [0, 0.1) is 10.8 Å². The van der Waals surface area contributed by atoms with Gasteiger partial charge in [-0.05, 0) is 42.5 Å². The summed E-state index contributed by atoms with van der Waals surface area (Å²) in [4.78, 5) is 14.3. The van der Waals surface area contributed by atoms with Gasteiger partial charge in [-0.25, -0.2) is 5.84 Å². The Morgan fingerprint density at radius 1 is 1.14 bits per heavy atom. The van der Waals surface area contributed by atoms with E-state index in [-0.39, 0.29) is 23.9 Å². The Balaban J connectivity index is 1.65. The van der Waals surface area contributed by atoms with Crippen LogP contribution in [-0.4, -0.2) is 55.1 Å². The first kappa shape index (κ1) is 21.0. The lowest BCUT2D eigenvalue weighted by Gasteiger charge is -2.27. The summed E-state index contributed by atoms with van der Waals surface area (Å²) in [7, 11) is 0. The molecule has 3 rings (SSSR count). The Morgan fingerprint density at radius 3 is 2.45 bits per heavy atom. The van der Waals surface area contributed by atoms with Gasteiger partial charge in [0.05, 0.1) is 36.9 Å². The Hall–Kier alpha value is -2.75. The van der Waals surface area contributed by atoms with Crippen LogP contribution in [0.1, 0.15) is 15.9 Å². The highest BCUT2D eigenvalue weighted by Gasteiger charge is 2.19. The van der Waals surface area contributed by atoms with Crippen LogP contribution >= 0.6 is 15.9 Å². The van der Waals surface area contributed by atoms with E-state index in [0.717, 1.165) is 4.47 Å². The molecule has 0 saturated carbocycles. The molecule has 0 atom stereocenters. The molecule has 0 bridgehead atoms. The molecule has 0 aliphatic carbocycles. The van der Waals surface area contributed by atoms with Gasteiger partial charge >= 0.3 is 0 Å². The molecule has 152 valence electrons. The Kier molecular flexibility index (Phi) is 6.63. The van der Waals surface area contributed by atoms with Crippen molar-refractivity contribution in [3.8, 4) is 0 Å². The minimum Gasteiger partial charge on any atom is -0.398 e. The van der Waals surface area contributed by atoms with Crippen molar-refractivity contribution >= 4 is 44.6 Å². The van der Waals surface area contributed by atoms with Gasteiger partial charge in [0, 0.05) is 34.4 Å². The predicted molar refractivity (Wildman–Crippen MR) is 118 cm³/mol. The average Bonchev–Trinajstić information content (AvgIpc) is 2.75. The SMILES string of the molecule is N=C(CN(N)c1ccc(C(=O)N2CCOCC2)cc1)C(=N)c1cc(Br)ccc1N. The maximum Gasteiger partial charge on any atom is 0.254 e. The van der Waals surface area contributed by atoms with Gasteiger partial charge in [0.2, 0.25) is 0 Å². The summed E-state index contributed by atoms with van der Waals surface area (Å²) in [6.45, 7) is 2.30. The average molecular weight is 459 g/mol. The summed E-state index contributed by atoms with van der Waals surface area (Å²) in [6, 6.07) is 12.1. The van der Waals surface area contributed by atoms with Crippen molar-refractivity contribution in [1.29, 1.82) is 10.8 Å². The number of benzene rings is 2. The van der Waals surface area contributed by atoms with Gasteiger partial charge in [0.15, 0.2) is 0 Å². The molecule has 0 radical (unpaired) electrons. The topological polar surface area (TPSA) is 133 Å². The molecule has 9 heteroatoms. The van der Waals surface area contributed by atoms with Crippen LogP contribution in [0.3, 0.4) is 0 Å². The monoisotopic (exact) mass is 458 g/mol. The van der Waals surface area contributed by atoms with E-state index in [0.29, 0.717) is 48.8 Å². The second-order valence-electron chi connectivity index (χ2n) is 6.66. The number of carbonyl (C=O) groups excluding carboxylic acids is 1. The summed E-state index contributed by atoms with van der Waals surface area (Å²) in [5.41, 5.74) is 8.10. The fourth-order valence-electron chi connectivity index (χ4n) is 2.99. The van der Waals surface area contributed by atoms with Crippen LogP contribution < -0.4 is 16.6 Å². The highest BCUT2D eigenvalue weighted by molar-refractivity contribution is 9.10. The third-order valence-corrected chi connectivity index (χ3v) is 5.15. The lowest BCUT2D eigenvalue weighted by Crippen LogP contribution is -2.40. The van der Waals surface area contributed by atoms with Crippen molar-refractivity contribution in [2.75, 3.05) is 43.6 Å². The Bertz CT molecular complexity index is 925. The van der Waals surface area contributed by atoms with E-state index < -0.39 is 0 Å². The molecule has 1 fully saturated rings. The van der Waals surface area contributed by atoms with Crippen LogP contribution in [0.5, 0.6) is 0 Å². The molecule has 0 spiro atoms. The number of anilines is 2. The summed E-state index contributed by atoms with van der Waals surface area (Å²) in [5.74, 6) is 6.05. The van der Waals surface area contributed by atoms with Crippen LogP contribution in [0.2, 0.25) is 0 Å². The molecule has 0 unspecified atom stereocenters. The Morgan fingerprint density at radius 2 is 1.79 bits per heavy atom. The molecule has 8 nitrogen and oxygen atoms in total. The molecule has 1 aliphatic heterocycles. The summed E-state index contributed by atoms with van der Waals surface area (Å²) in [6.07, 6.45) is 0. The van der Waals surface area contributed by atoms with E-state index >= 15 is 0 Å². The zero-order chi connectivity index (χ0) is 21.0. The maximum absolute atomic E-state index is 12.5. The zero-order valence-corrected chi connectivity index (χ0v) is 17.4. The highest BCUT2D eigenvalue weighted by Crippen LogP contribution is 2.20. The lowest BCUT2D eigenvalue weighted by molar-refractivity contribution is 0.0303. The van der Waals surface area contributed by atoms with Crippen molar-refractivity contribution in [3.63, 3.8) is 0 Å². The van der Waals surface area contributed by atoms with E-state index in [1.54, 1.807) is 47.4 Å². The van der Waals surface area contributed by atoms with Crippen LogP contribution in [-0.2, 0) is 4.74 Å². The quantitative estimate of drug-likeness (QED) is 0.228. The third kappa shape index (κ3) is 5.00. The molecule has 1 aliphatic rings. The number of morpholine rings is 1. The van der Waals surface area contributed by atoms with Gasteiger partial charge in [0.25, 0.3) is 5.91 Å². The van der Waals surface area contributed by atoms with E-state index in [4.69, 9.17) is 27.1 Å². The van der Waals surface area contributed by atoms with Crippen molar-refractivity contribution in [2.45, 2.75) is 0 Å². The van der Waals surface area contributed by atoms with Crippen molar-refractivity contribution in [3.05, 3.63) is 58.1 Å². The van der Waals surface area contributed by atoms with Crippen LogP contribution in [0.25, 0.3) is 0 Å². The van der Waals surface area contributed by atoms with Gasteiger partial charge < -0.3 is 25.8 Å². The number of rotatable bonds is 6. The number of hydrogen-bond donors (Lipinski definition) is 4. The minimum absolute atomic E-state index is 0.0124. The summed E-state index contributed by atoms with van der Waals surface area (Å²) >= 11 is 3.35. The molecule has 2 aromatic carbocycles. The number of nitrogens with two attached hydrogens (primary N) is 2. The number of halogens is 1. The van der Waals surface area contributed by atoms with Gasteiger partial charge in [-0.15, -0.1) is 0 Å². The third-order valence-electron chi connectivity index (χ3n) is 4.66. The number of amides is 1. The normalized spacial score (nSPS) is 13.8. The number of nitrogens with zero attached hydrogens (tertiary/aromatic N) is 2. The summed E-state index contributed by atoms with van der Waals surface area (Å²) < 4.78 is 6.06. The first-order chi connectivity index (χ1) is 13.9. The summed E-state index contributed by atoms with van der Waals surface area (Å²) in [5, 5.41) is 17.9. The minimum atomic E-state index is -0.0388. The van der Waals surface area contributed by atoms with Gasteiger partial charge in [-0.1, -0.05) is 15.9 Å². The molecule has 1 saturated heterocycles. The fourth-order valence-corrected chi connectivity index (χ4v) is 3.35. The fraction of sp³-hybridized carbons (Fsp3) is 0.250. The highest BCUT2D eigenvalue weighted by atomic mass is 79.9. The Labute approximate surface area is 177 Å². The molecule has 29 heavy (non-hydrogen) atoms. The van der Waals surface area contributed by atoms with Crippen molar-refractivity contribution < 1.29 is 9.53 Å². The molecule has 1 heterocycles. The molecule has 1 amide bonds. The number of nitrogens with one attached hydrogen (secondary N) is 2. The number of carbonyl (C=O) groups is 1. The molecule has 6 N–H and O–H groups in total. The molecular formula is C20H23BrN6O2. The van der Waals surface area contributed by atoms with Crippen LogP contribution in [0.4, 0.5) is 11.4 Å². The number of hydrazine groups is 1. The largest absolute Gasteiger partial charge is 0.398 e. The molecule has 0 aromatic heterocycles. The van der Waals surface area contributed by atoms with Gasteiger partial charge in [-0.2, -0.15) is 0 Å². The zero-order valence-electron chi connectivity index (χ0n) is 15.8. The lowest BCUT2D eigenvalue weighted by atomic mass is 10.0.